The van der Waals surface area contributed by atoms with Gasteiger partial charge in [-0.2, -0.15) is 0 Å². The first-order valence-electron chi connectivity index (χ1n) is 6.85. The van der Waals surface area contributed by atoms with E-state index >= 15 is 0 Å². The molecule has 20 heavy (non-hydrogen) atoms. The van der Waals surface area contributed by atoms with E-state index < -0.39 is 6.99 Å². The van der Waals surface area contributed by atoms with Crippen molar-refractivity contribution < 1.29 is 4.32 Å². The van der Waals surface area contributed by atoms with Crippen molar-refractivity contribution >= 4 is 28.7 Å². The molecule has 2 heteroatoms. The molecular formula is C18H16BF. The van der Waals surface area contributed by atoms with Crippen LogP contribution in [0.2, 0.25) is 0 Å². The summed E-state index contributed by atoms with van der Waals surface area (Å²) in [6, 6.07) is 19.7. The fraction of sp³-hybridized carbons (Fsp3) is 0.111. The van der Waals surface area contributed by atoms with E-state index in [-0.39, 0.29) is 0 Å². The van der Waals surface area contributed by atoms with Crippen LogP contribution in [0.15, 0.2) is 60.7 Å². The van der Waals surface area contributed by atoms with Gasteiger partial charge in [0, 0.05) is 0 Å². The topological polar surface area (TPSA) is 0 Å². The third kappa shape index (κ3) is 2.34. The third-order valence-corrected chi connectivity index (χ3v) is 3.63. The maximum absolute atomic E-state index is 15.0. The molecule has 0 N–H and O–H groups in total. The first-order chi connectivity index (χ1) is 9.65. The maximum atomic E-state index is 15.0. The summed E-state index contributed by atoms with van der Waals surface area (Å²) in [5.74, 6) is 0. The van der Waals surface area contributed by atoms with Crippen LogP contribution >= 0.6 is 0 Å². The summed E-state index contributed by atoms with van der Waals surface area (Å²) in [6.07, 6.45) is 0. The second-order valence-corrected chi connectivity index (χ2v) is 5.35. The second-order valence-electron chi connectivity index (χ2n) is 5.35. The van der Waals surface area contributed by atoms with Gasteiger partial charge in [0.1, 0.15) is 0 Å². The largest absolute Gasteiger partial charge is 0.414 e. The quantitative estimate of drug-likeness (QED) is 0.620. The summed E-state index contributed by atoms with van der Waals surface area (Å²) in [4.78, 5) is 0. The molecule has 0 aliphatic rings. The lowest BCUT2D eigenvalue weighted by atomic mass is 9.57. The molecule has 0 nitrogen and oxygen atoms in total. The lowest BCUT2D eigenvalue weighted by Crippen LogP contribution is -2.39. The average Bonchev–Trinajstić information content (AvgIpc) is 2.45. The van der Waals surface area contributed by atoms with Gasteiger partial charge in [0.15, 0.2) is 0 Å². The highest BCUT2D eigenvalue weighted by molar-refractivity contribution is 6.81. The van der Waals surface area contributed by atoms with Crippen molar-refractivity contribution in [1.29, 1.82) is 0 Å². The normalized spacial score (nSPS) is 10.8. The van der Waals surface area contributed by atoms with Crippen molar-refractivity contribution in [2.45, 2.75) is 13.8 Å². The molecule has 0 heterocycles. The van der Waals surface area contributed by atoms with E-state index in [4.69, 9.17) is 0 Å². The minimum absolute atomic E-state index is 0.735. The Hall–Kier alpha value is -2.09. The monoisotopic (exact) mass is 262 g/mol. The van der Waals surface area contributed by atoms with Gasteiger partial charge in [0.2, 0.25) is 0 Å². The summed E-state index contributed by atoms with van der Waals surface area (Å²) in [7, 11) is 0. The Bertz CT molecular complexity index is 739. The van der Waals surface area contributed by atoms with Crippen LogP contribution in [0.4, 0.5) is 4.32 Å². The molecule has 0 aromatic heterocycles. The fourth-order valence-corrected chi connectivity index (χ4v) is 2.81. The van der Waals surface area contributed by atoms with E-state index in [2.05, 4.69) is 6.07 Å². The van der Waals surface area contributed by atoms with Crippen molar-refractivity contribution in [1.82, 2.24) is 0 Å². The molecule has 98 valence electrons. The zero-order chi connectivity index (χ0) is 14.1. The van der Waals surface area contributed by atoms with E-state index in [1.165, 1.54) is 0 Å². The SMILES string of the molecule is Cc1cc(C)cc(B(F)c2cccc3ccccc23)c1. The van der Waals surface area contributed by atoms with Crippen LogP contribution < -0.4 is 10.9 Å². The van der Waals surface area contributed by atoms with Gasteiger partial charge in [-0.25, -0.2) is 0 Å². The molecule has 3 aromatic carbocycles. The van der Waals surface area contributed by atoms with Crippen LogP contribution in [0.5, 0.6) is 0 Å². The van der Waals surface area contributed by atoms with Crippen LogP contribution in [0.3, 0.4) is 0 Å². The van der Waals surface area contributed by atoms with Crippen LogP contribution in [-0.2, 0) is 0 Å². The summed E-state index contributed by atoms with van der Waals surface area (Å²) < 4.78 is 15.0. The molecule has 0 atom stereocenters. The maximum Gasteiger partial charge on any atom is 0.414 e. The summed E-state index contributed by atoms with van der Waals surface area (Å²) in [5, 5.41) is 2.07. The molecule has 0 spiro atoms. The summed E-state index contributed by atoms with van der Waals surface area (Å²) in [5.41, 5.74) is 3.68. The van der Waals surface area contributed by atoms with E-state index in [9.17, 15) is 4.32 Å². The zero-order valence-corrected chi connectivity index (χ0v) is 11.7. The molecule has 0 aliphatic carbocycles. The molecule has 0 radical (unpaired) electrons. The van der Waals surface area contributed by atoms with E-state index in [1.807, 2.05) is 68.4 Å². The van der Waals surface area contributed by atoms with Gasteiger partial charge in [-0.1, -0.05) is 71.8 Å². The van der Waals surface area contributed by atoms with E-state index in [0.29, 0.717) is 0 Å². The number of fused-ring (bicyclic) bond motifs is 1. The van der Waals surface area contributed by atoms with Crippen molar-refractivity contribution in [3.05, 3.63) is 71.8 Å². The Morgan fingerprint density at radius 2 is 1.45 bits per heavy atom. The molecule has 0 fully saturated rings. The van der Waals surface area contributed by atoms with E-state index in [1.54, 1.807) is 0 Å². The fourth-order valence-electron chi connectivity index (χ4n) is 2.81. The zero-order valence-electron chi connectivity index (χ0n) is 11.7. The van der Waals surface area contributed by atoms with Crippen molar-refractivity contribution in [2.75, 3.05) is 0 Å². The van der Waals surface area contributed by atoms with Gasteiger partial charge in [0.05, 0.1) is 0 Å². The Morgan fingerprint density at radius 3 is 2.20 bits per heavy atom. The van der Waals surface area contributed by atoms with Gasteiger partial charge >= 0.3 is 6.99 Å². The van der Waals surface area contributed by atoms with Gasteiger partial charge in [-0.3, -0.25) is 0 Å². The Balaban J connectivity index is 2.15. The first kappa shape index (κ1) is 12.9. The molecule has 0 aliphatic heterocycles. The lowest BCUT2D eigenvalue weighted by molar-refractivity contribution is 0.865. The number of aryl methyl sites for hydroxylation is 2. The lowest BCUT2D eigenvalue weighted by Gasteiger charge is -2.10. The predicted molar refractivity (Wildman–Crippen MR) is 86.0 cm³/mol. The highest BCUT2D eigenvalue weighted by Crippen LogP contribution is 2.12. The van der Waals surface area contributed by atoms with Gasteiger partial charge < -0.3 is 4.32 Å². The molecular weight excluding hydrogens is 246 g/mol. The molecule has 0 saturated carbocycles. The number of halogens is 1. The highest BCUT2D eigenvalue weighted by atomic mass is 19.1. The number of hydrogen-bond donors (Lipinski definition) is 0. The minimum Gasteiger partial charge on any atom is -0.322 e. The minimum atomic E-state index is -1.08. The van der Waals surface area contributed by atoms with Crippen LogP contribution in [0.25, 0.3) is 10.8 Å². The molecule has 0 bridgehead atoms. The second kappa shape index (κ2) is 5.12. The first-order valence-corrected chi connectivity index (χ1v) is 6.85. The number of hydrogen-bond acceptors (Lipinski definition) is 0. The number of benzene rings is 3. The van der Waals surface area contributed by atoms with Gasteiger partial charge in [0.25, 0.3) is 0 Å². The Kier molecular flexibility index (Phi) is 3.31. The van der Waals surface area contributed by atoms with Crippen LogP contribution in [0, 0.1) is 13.8 Å². The Labute approximate surface area is 119 Å². The Morgan fingerprint density at radius 1 is 0.800 bits per heavy atom. The van der Waals surface area contributed by atoms with E-state index in [0.717, 1.165) is 32.8 Å². The van der Waals surface area contributed by atoms with Crippen molar-refractivity contribution in [2.24, 2.45) is 0 Å². The third-order valence-electron chi connectivity index (χ3n) is 3.63. The molecule has 3 aromatic rings. The standard InChI is InChI=1S/C18H16BF/c1-13-10-14(2)12-16(11-13)19(20)18-9-5-7-15-6-3-4-8-17(15)18/h3-12H,1-2H3. The van der Waals surface area contributed by atoms with Crippen LogP contribution in [0.1, 0.15) is 11.1 Å². The van der Waals surface area contributed by atoms with Crippen molar-refractivity contribution in [3.63, 3.8) is 0 Å². The number of rotatable bonds is 2. The smallest absolute Gasteiger partial charge is 0.322 e. The molecule has 0 unspecified atom stereocenters. The predicted octanol–water partition coefficient (Wildman–Crippen LogP) is 3.53. The van der Waals surface area contributed by atoms with Crippen LogP contribution in [-0.4, -0.2) is 6.99 Å². The van der Waals surface area contributed by atoms with Gasteiger partial charge in [-0.15, -0.1) is 0 Å². The summed E-state index contributed by atoms with van der Waals surface area (Å²) in [6.45, 7) is 2.93. The van der Waals surface area contributed by atoms with Gasteiger partial charge in [-0.05, 0) is 35.5 Å². The average molecular weight is 262 g/mol. The molecule has 3 rings (SSSR count). The van der Waals surface area contributed by atoms with Crippen molar-refractivity contribution in [3.8, 4) is 0 Å². The molecule has 0 saturated heterocycles. The highest BCUT2D eigenvalue weighted by Gasteiger charge is 2.22. The summed E-state index contributed by atoms with van der Waals surface area (Å²) >= 11 is 0. The molecule has 0 amide bonds.